The molecule has 0 spiro atoms. The van der Waals surface area contributed by atoms with Gasteiger partial charge in [0.1, 0.15) is 0 Å². The average Bonchev–Trinajstić information content (AvgIpc) is 3.35. The number of benzene rings is 3. The van der Waals surface area contributed by atoms with Gasteiger partial charge in [-0.3, -0.25) is 14.2 Å². The van der Waals surface area contributed by atoms with Crippen LogP contribution in [0.15, 0.2) is 71.9 Å². The van der Waals surface area contributed by atoms with Crippen molar-refractivity contribution in [3.05, 3.63) is 89.2 Å². The third kappa shape index (κ3) is 6.33. The zero-order valence-electron chi connectivity index (χ0n) is 21.6. The van der Waals surface area contributed by atoms with Crippen LogP contribution in [0.3, 0.4) is 0 Å². The van der Waals surface area contributed by atoms with Crippen molar-refractivity contribution in [1.82, 2.24) is 20.1 Å². The van der Waals surface area contributed by atoms with Crippen LogP contribution in [-0.2, 0) is 11.3 Å². The SMILES string of the molecule is COc1ccc(C(=O)NCc2nnc(SCC(=O)Nc3cc(C)ccc3C)n2-c2ccccc2)cc1OC. The smallest absolute Gasteiger partial charge is 0.251 e. The molecule has 0 radical (unpaired) electrons. The fraction of sp³-hybridized carbons (Fsp3) is 0.214. The number of anilines is 1. The summed E-state index contributed by atoms with van der Waals surface area (Å²) in [7, 11) is 3.06. The molecule has 38 heavy (non-hydrogen) atoms. The molecule has 0 aliphatic heterocycles. The van der Waals surface area contributed by atoms with E-state index in [4.69, 9.17) is 9.47 Å². The van der Waals surface area contributed by atoms with Gasteiger partial charge in [-0.15, -0.1) is 10.2 Å². The molecule has 4 rings (SSSR count). The van der Waals surface area contributed by atoms with Crippen molar-refractivity contribution in [3.63, 3.8) is 0 Å². The summed E-state index contributed by atoms with van der Waals surface area (Å²) in [6.45, 7) is 4.07. The number of aryl methyl sites for hydroxylation is 2. The van der Waals surface area contributed by atoms with Crippen LogP contribution in [0.4, 0.5) is 5.69 Å². The second-order valence-corrected chi connectivity index (χ2v) is 9.42. The van der Waals surface area contributed by atoms with Crippen molar-refractivity contribution in [3.8, 4) is 17.2 Å². The molecule has 10 heteroatoms. The molecule has 0 saturated heterocycles. The lowest BCUT2D eigenvalue weighted by molar-refractivity contribution is -0.113. The van der Waals surface area contributed by atoms with E-state index in [2.05, 4.69) is 20.8 Å². The molecule has 9 nitrogen and oxygen atoms in total. The molecule has 1 aromatic heterocycles. The quantitative estimate of drug-likeness (QED) is 0.289. The highest BCUT2D eigenvalue weighted by Crippen LogP contribution is 2.28. The first-order valence-electron chi connectivity index (χ1n) is 11.9. The summed E-state index contributed by atoms with van der Waals surface area (Å²) >= 11 is 1.27. The third-order valence-electron chi connectivity index (χ3n) is 5.77. The first-order valence-corrected chi connectivity index (χ1v) is 12.9. The van der Waals surface area contributed by atoms with Gasteiger partial charge >= 0.3 is 0 Å². The largest absolute Gasteiger partial charge is 0.493 e. The van der Waals surface area contributed by atoms with E-state index in [9.17, 15) is 9.59 Å². The Kier molecular flexibility index (Phi) is 8.65. The van der Waals surface area contributed by atoms with E-state index < -0.39 is 0 Å². The highest BCUT2D eigenvalue weighted by Gasteiger charge is 2.18. The summed E-state index contributed by atoms with van der Waals surface area (Å²) in [6.07, 6.45) is 0. The van der Waals surface area contributed by atoms with E-state index in [1.54, 1.807) is 18.2 Å². The van der Waals surface area contributed by atoms with Gasteiger partial charge in [0, 0.05) is 16.9 Å². The minimum atomic E-state index is -0.296. The molecule has 2 amide bonds. The van der Waals surface area contributed by atoms with Crippen molar-refractivity contribution >= 4 is 29.3 Å². The highest BCUT2D eigenvalue weighted by atomic mass is 32.2. The molecule has 4 aromatic rings. The van der Waals surface area contributed by atoms with Gasteiger partial charge in [-0.05, 0) is 61.4 Å². The lowest BCUT2D eigenvalue weighted by Crippen LogP contribution is -2.24. The maximum atomic E-state index is 12.9. The van der Waals surface area contributed by atoms with Gasteiger partial charge in [0.05, 0.1) is 26.5 Å². The molecule has 3 aromatic carbocycles. The average molecular weight is 532 g/mol. The Balaban J connectivity index is 1.49. The molecule has 1 heterocycles. The second-order valence-electron chi connectivity index (χ2n) is 8.48. The molecule has 0 atom stereocenters. The van der Waals surface area contributed by atoms with Crippen molar-refractivity contribution < 1.29 is 19.1 Å². The molecular weight excluding hydrogens is 502 g/mol. The number of carbonyl (C=O) groups excluding carboxylic acids is 2. The Labute approximate surface area is 225 Å². The number of rotatable bonds is 10. The Morgan fingerprint density at radius 3 is 2.42 bits per heavy atom. The number of amides is 2. The number of methoxy groups -OCH3 is 2. The lowest BCUT2D eigenvalue weighted by Gasteiger charge is -2.12. The Morgan fingerprint density at radius 2 is 1.68 bits per heavy atom. The normalized spacial score (nSPS) is 10.6. The van der Waals surface area contributed by atoms with Crippen molar-refractivity contribution in [2.24, 2.45) is 0 Å². The topological polar surface area (TPSA) is 107 Å². The number of nitrogens with one attached hydrogen (secondary N) is 2. The minimum Gasteiger partial charge on any atom is -0.493 e. The van der Waals surface area contributed by atoms with E-state index in [0.29, 0.717) is 28.0 Å². The predicted octanol–water partition coefficient (Wildman–Crippen LogP) is 4.56. The van der Waals surface area contributed by atoms with E-state index in [1.165, 1.54) is 26.0 Å². The summed E-state index contributed by atoms with van der Waals surface area (Å²) in [4.78, 5) is 25.6. The first kappa shape index (κ1) is 26.7. The Bertz CT molecular complexity index is 1440. The van der Waals surface area contributed by atoms with Crippen LogP contribution in [-0.4, -0.2) is 46.6 Å². The van der Waals surface area contributed by atoms with Crippen molar-refractivity contribution in [2.45, 2.75) is 25.5 Å². The van der Waals surface area contributed by atoms with Crippen LogP contribution in [0.1, 0.15) is 27.3 Å². The highest BCUT2D eigenvalue weighted by molar-refractivity contribution is 7.99. The molecule has 0 aliphatic rings. The van der Waals surface area contributed by atoms with Gasteiger partial charge in [-0.2, -0.15) is 0 Å². The van der Waals surface area contributed by atoms with Gasteiger partial charge in [0.2, 0.25) is 5.91 Å². The molecule has 0 fully saturated rings. The second kappa shape index (κ2) is 12.3. The molecule has 0 aliphatic carbocycles. The van der Waals surface area contributed by atoms with Gasteiger partial charge in [-0.25, -0.2) is 0 Å². The summed E-state index contributed by atoms with van der Waals surface area (Å²) in [5.41, 5.74) is 4.10. The number of carbonyl (C=O) groups is 2. The number of hydrogen-bond donors (Lipinski definition) is 2. The van der Waals surface area contributed by atoms with Gasteiger partial charge in [0.25, 0.3) is 5.91 Å². The Morgan fingerprint density at radius 1 is 0.921 bits per heavy atom. The summed E-state index contributed by atoms with van der Waals surface area (Å²) < 4.78 is 12.4. The number of nitrogens with zero attached hydrogens (tertiary/aromatic N) is 3. The molecule has 0 unspecified atom stereocenters. The third-order valence-corrected chi connectivity index (χ3v) is 6.70. The van der Waals surface area contributed by atoms with E-state index >= 15 is 0 Å². The van der Waals surface area contributed by atoms with E-state index in [-0.39, 0.29) is 24.1 Å². The summed E-state index contributed by atoms with van der Waals surface area (Å²) in [6, 6.07) is 20.5. The molecule has 2 N–H and O–H groups in total. The van der Waals surface area contributed by atoms with E-state index in [1.807, 2.05) is 66.9 Å². The van der Waals surface area contributed by atoms with Crippen molar-refractivity contribution in [2.75, 3.05) is 25.3 Å². The maximum Gasteiger partial charge on any atom is 0.251 e. The van der Waals surface area contributed by atoms with Gasteiger partial charge in [0.15, 0.2) is 22.5 Å². The maximum absolute atomic E-state index is 12.9. The number of ether oxygens (including phenoxy) is 2. The monoisotopic (exact) mass is 531 g/mol. The minimum absolute atomic E-state index is 0.129. The molecular formula is C28H29N5O4S. The zero-order chi connectivity index (χ0) is 27.1. The van der Waals surface area contributed by atoms with Crippen LogP contribution < -0.4 is 20.1 Å². The number of aromatic nitrogens is 3. The lowest BCUT2D eigenvalue weighted by atomic mass is 10.1. The predicted molar refractivity (Wildman–Crippen MR) is 147 cm³/mol. The van der Waals surface area contributed by atoms with Crippen LogP contribution in [0.25, 0.3) is 5.69 Å². The van der Waals surface area contributed by atoms with Crippen molar-refractivity contribution in [1.29, 1.82) is 0 Å². The molecule has 0 bridgehead atoms. The van der Waals surface area contributed by atoms with Gasteiger partial charge < -0.3 is 20.1 Å². The van der Waals surface area contributed by atoms with Crippen LogP contribution in [0, 0.1) is 13.8 Å². The number of thioether (sulfide) groups is 1. The Hall–Kier alpha value is -4.31. The summed E-state index contributed by atoms with van der Waals surface area (Å²) in [5, 5.41) is 15.0. The standard InChI is InChI=1S/C28H29N5O4S/c1-18-10-11-19(2)22(14-18)30-26(34)17-38-28-32-31-25(33(28)21-8-6-5-7-9-21)16-29-27(35)20-12-13-23(36-3)24(15-20)37-4/h5-15H,16-17H2,1-4H3,(H,29,35)(H,30,34). The van der Waals surface area contributed by atoms with Gasteiger partial charge in [-0.1, -0.05) is 42.1 Å². The number of para-hydroxylation sites is 1. The zero-order valence-corrected chi connectivity index (χ0v) is 22.5. The van der Waals surface area contributed by atoms with Crippen LogP contribution >= 0.6 is 11.8 Å². The summed E-state index contributed by atoms with van der Waals surface area (Å²) in [5.74, 6) is 1.24. The molecule has 196 valence electrons. The van der Waals surface area contributed by atoms with Crippen LogP contribution in [0.2, 0.25) is 0 Å². The molecule has 0 saturated carbocycles. The van der Waals surface area contributed by atoms with Crippen LogP contribution in [0.5, 0.6) is 11.5 Å². The first-order chi connectivity index (χ1) is 18.4. The fourth-order valence-corrected chi connectivity index (χ4v) is 4.54. The van der Waals surface area contributed by atoms with E-state index in [0.717, 1.165) is 22.5 Å². The fourth-order valence-electron chi connectivity index (χ4n) is 3.77. The number of hydrogen-bond acceptors (Lipinski definition) is 7.